The van der Waals surface area contributed by atoms with E-state index in [9.17, 15) is 14.3 Å². The van der Waals surface area contributed by atoms with Crippen LogP contribution in [0.4, 0.5) is 10.1 Å². The number of piperidine rings is 1. The SMILES string of the molecule is CN1C=C(C(=O)N2CC(O)([C@@H]3CCCCN3)C2)C(Nc2ccc(I)cc2F)=CC1. The van der Waals surface area contributed by atoms with E-state index >= 15 is 0 Å². The molecule has 0 spiro atoms. The highest BCUT2D eigenvalue weighted by atomic mass is 127. The average molecular weight is 512 g/mol. The molecule has 2 saturated heterocycles. The Morgan fingerprint density at radius 2 is 2.17 bits per heavy atom. The Morgan fingerprint density at radius 1 is 1.38 bits per heavy atom. The first-order valence-electron chi connectivity index (χ1n) is 9.95. The molecular weight excluding hydrogens is 486 g/mol. The number of benzene rings is 1. The van der Waals surface area contributed by atoms with E-state index in [0.29, 0.717) is 36.6 Å². The number of likely N-dealkylation sites (N-methyl/N-ethyl adjacent to an activating group) is 1. The van der Waals surface area contributed by atoms with Crippen molar-refractivity contribution in [3.8, 4) is 0 Å². The topological polar surface area (TPSA) is 67.8 Å². The number of amides is 1. The van der Waals surface area contributed by atoms with E-state index in [0.717, 1.165) is 29.4 Å². The highest BCUT2D eigenvalue weighted by Crippen LogP contribution is 2.32. The normalized spacial score (nSPS) is 23.8. The van der Waals surface area contributed by atoms with Gasteiger partial charge in [0.25, 0.3) is 5.91 Å². The van der Waals surface area contributed by atoms with Gasteiger partial charge in [-0.25, -0.2) is 4.39 Å². The molecule has 1 aromatic carbocycles. The van der Waals surface area contributed by atoms with Crippen LogP contribution in [-0.4, -0.2) is 65.7 Å². The van der Waals surface area contributed by atoms with Gasteiger partial charge in [0.15, 0.2) is 0 Å². The number of rotatable bonds is 4. The standard InChI is InChI=1S/C21H26FIN4O2/c1-26-9-7-17(25-18-6-5-14(23)10-16(18)22)15(11-26)20(28)27-12-21(29,13-27)19-4-2-3-8-24-19/h5-7,10-11,19,24-25,29H,2-4,8-9,12-13H2,1H3/t19-/m0/s1. The van der Waals surface area contributed by atoms with Crippen molar-refractivity contribution in [3.63, 3.8) is 0 Å². The van der Waals surface area contributed by atoms with E-state index in [1.807, 2.05) is 24.1 Å². The number of likely N-dealkylation sites (tertiary alicyclic amines) is 1. The molecule has 1 aromatic rings. The minimum atomic E-state index is -0.864. The highest BCUT2D eigenvalue weighted by Gasteiger charge is 2.50. The van der Waals surface area contributed by atoms with Crippen molar-refractivity contribution in [2.45, 2.75) is 30.9 Å². The summed E-state index contributed by atoms with van der Waals surface area (Å²) in [5, 5.41) is 17.4. The predicted octanol–water partition coefficient (Wildman–Crippen LogP) is 2.27. The Labute approximate surface area is 184 Å². The van der Waals surface area contributed by atoms with Crippen LogP contribution in [0.15, 0.2) is 41.7 Å². The average Bonchev–Trinajstić information content (AvgIpc) is 2.69. The fourth-order valence-electron chi connectivity index (χ4n) is 4.17. The number of hydrogen-bond donors (Lipinski definition) is 3. The molecule has 0 aromatic heterocycles. The first-order chi connectivity index (χ1) is 13.9. The number of anilines is 1. The van der Waals surface area contributed by atoms with Crippen molar-refractivity contribution in [1.29, 1.82) is 0 Å². The summed E-state index contributed by atoms with van der Waals surface area (Å²) in [4.78, 5) is 16.7. The second-order valence-corrected chi connectivity index (χ2v) is 9.36. The molecule has 2 fully saturated rings. The summed E-state index contributed by atoms with van der Waals surface area (Å²) < 4.78 is 15.1. The predicted molar refractivity (Wildman–Crippen MR) is 119 cm³/mol. The minimum Gasteiger partial charge on any atom is -0.385 e. The van der Waals surface area contributed by atoms with Gasteiger partial charge in [0, 0.05) is 29.4 Å². The lowest BCUT2D eigenvalue weighted by Gasteiger charge is -2.52. The molecule has 29 heavy (non-hydrogen) atoms. The van der Waals surface area contributed by atoms with Gasteiger partial charge >= 0.3 is 0 Å². The van der Waals surface area contributed by atoms with E-state index in [4.69, 9.17) is 0 Å². The third-order valence-corrected chi connectivity index (χ3v) is 6.50. The van der Waals surface area contributed by atoms with Gasteiger partial charge in [0.2, 0.25) is 0 Å². The number of halogens is 2. The smallest absolute Gasteiger partial charge is 0.257 e. The van der Waals surface area contributed by atoms with Gasteiger partial charge in [-0.2, -0.15) is 0 Å². The van der Waals surface area contributed by atoms with Crippen LogP contribution in [-0.2, 0) is 4.79 Å². The number of nitrogens with one attached hydrogen (secondary N) is 2. The zero-order valence-electron chi connectivity index (χ0n) is 16.4. The molecule has 8 heteroatoms. The monoisotopic (exact) mass is 512 g/mol. The first kappa shape index (κ1) is 20.6. The van der Waals surface area contributed by atoms with Crippen LogP contribution in [0.3, 0.4) is 0 Å². The maximum Gasteiger partial charge on any atom is 0.257 e. The molecule has 1 amide bonds. The Hall–Kier alpha value is -1.65. The second kappa shape index (κ2) is 8.23. The summed E-state index contributed by atoms with van der Waals surface area (Å²) in [6, 6.07) is 4.99. The van der Waals surface area contributed by atoms with Crippen LogP contribution < -0.4 is 10.6 Å². The van der Waals surface area contributed by atoms with Gasteiger partial charge in [-0.3, -0.25) is 4.79 Å². The zero-order valence-corrected chi connectivity index (χ0v) is 18.6. The second-order valence-electron chi connectivity index (χ2n) is 8.12. The molecule has 3 N–H and O–H groups in total. The number of β-amino-alcohol motifs (C(OH)–C–C–N with tert-alkyl or cyclic N) is 1. The molecule has 0 radical (unpaired) electrons. The fraction of sp³-hybridized carbons (Fsp3) is 0.476. The Kier molecular flexibility index (Phi) is 5.85. The molecule has 3 aliphatic heterocycles. The van der Waals surface area contributed by atoms with Crippen LogP contribution in [0.25, 0.3) is 0 Å². The molecule has 0 aliphatic carbocycles. The molecule has 1 atom stereocenters. The molecule has 4 rings (SSSR count). The summed E-state index contributed by atoms with van der Waals surface area (Å²) in [5.41, 5.74) is 0.553. The van der Waals surface area contributed by atoms with E-state index in [1.165, 1.54) is 6.07 Å². The number of hydrogen-bond acceptors (Lipinski definition) is 5. The summed E-state index contributed by atoms with van der Waals surface area (Å²) in [6.45, 7) is 2.17. The van der Waals surface area contributed by atoms with Gasteiger partial charge in [-0.05, 0) is 66.3 Å². The van der Waals surface area contributed by atoms with Gasteiger partial charge < -0.3 is 25.5 Å². The minimum absolute atomic E-state index is 0.0392. The fourth-order valence-corrected chi connectivity index (χ4v) is 4.63. The first-order valence-corrected chi connectivity index (χ1v) is 11.0. The maximum absolute atomic E-state index is 14.3. The third kappa shape index (κ3) is 4.29. The molecule has 0 unspecified atom stereocenters. The van der Waals surface area contributed by atoms with Crippen LogP contribution in [0, 0.1) is 9.39 Å². The largest absolute Gasteiger partial charge is 0.385 e. The quantitative estimate of drug-likeness (QED) is 0.541. The van der Waals surface area contributed by atoms with Crippen molar-refractivity contribution in [3.05, 3.63) is 51.1 Å². The number of carbonyl (C=O) groups is 1. The van der Waals surface area contributed by atoms with Crippen molar-refractivity contribution in [2.24, 2.45) is 0 Å². The van der Waals surface area contributed by atoms with Gasteiger partial charge in [0.1, 0.15) is 11.4 Å². The number of aliphatic hydroxyl groups is 1. The van der Waals surface area contributed by atoms with Gasteiger partial charge in [-0.1, -0.05) is 6.42 Å². The molecule has 6 nitrogen and oxygen atoms in total. The Morgan fingerprint density at radius 3 is 2.86 bits per heavy atom. The molecule has 0 bridgehead atoms. The van der Waals surface area contributed by atoms with Crippen molar-refractivity contribution >= 4 is 34.2 Å². The Balaban J connectivity index is 1.47. The number of carbonyl (C=O) groups excluding carboxylic acids is 1. The summed E-state index contributed by atoms with van der Waals surface area (Å²) >= 11 is 2.06. The zero-order chi connectivity index (χ0) is 20.6. The highest BCUT2D eigenvalue weighted by molar-refractivity contribution is 14.1. The maximum atomic E-state index is 14.3. The Bertz CT molecular complexity index is 860. The molecule has 156 valence electrons. The van der Waals surface area contributed by atoms with Crippen LogP contribution >= 0.6 is 22.6 Å². The van der Waals surface area contributed by atoms with E-state index in [1.54, 1.807) is 17.2 Å². The number of nitrogens with zero attached hydrogens (tertiary/aromatic N) is 2. The third-order valence-electron chi connectivity index (χ3n) is 5.83. The van der Waals surface area contributed by atoms with E-state index in [2.05, 4.69) is 33.2 Å². The lowest BCUT2D eigenvalue weighted by atomic mass is 9.81. The van der Waals surface area contributed by atoms with Crippen molar-refractivity contribution in [1.82, 2.24) is 15.1 Å². The van der Waals surface area contributed by atoms with Crippen molar-refractivity contribution < 1.29 is 14.3 Å². The van der Waals surface area contributed by atoms with Crippen LogP contribution in [0.1, 0.15) is 19.3 Å². The lowest BCUT2D eigenvalue weighted by Crippen LogP contribution is -2.72. The van der Waals surface area contributed by atoms with E-state index < -0.39 is 5.60 Å². The van der Waals surface area contributed by atoms with Crippen LogP contribution in [0.5, 0.6) is 0 Å². The van der Waals surface area contributed by atoms with Crippen molar-refractivity contribution in [2.75, 3.05) is 38.5 Å². The summed E-state index contributed by atoms with van der Waals surface area (Å²) in [6.07, 6.45) is 6.83. The summed E-state index contributed by atoms with van der Waals surface area (Å²) in [5.74, 6) is -0.507. The van der Waals surface area contributed by atoms with E-state index in [-0.39, 0.29) is 17.8 Å². The van der Waals surface area contributed by atoms with Crippen LogP contribution in [0.2, 0.25) is 0 Å². The lowest BCUT2D eigenvalue weighted by molar-refractivity contribution is -0.158. The molecule has 3 aliphatic rings. The van der Waals surface area contributed by atoms with Gasteiger partial charge in [0.05, 0.1) is 30.0 Å². The molecular formula is C21H26FIN4O2. The van der Waals surface area contributed by atoms with Gasteiger partial charge in [-0.15, -0.1) is 0 Å². The molecule has 3 heterocycles. The summed E-state index contributed by atoms with van der Waals surface area (Å²) in [7, 11) is 1.89. The molecule has 0 saturated carbocycles.